The zero-order valence-corrected chi connectivity index (χ0v) is 10.3. The number of aromatic nitrogens is 2. The van der Waals surface area contributed by atoms with Crippen LogP contribution >= 0.6 is 0 Å². The van der Waals surface area contributed by atoms with Crippen LogP contribution < -0.4 is 16.0 Å². The fourth-order valence-electron chi connectivity index (χ4n) is 1.22. The van der Waals surface area contributed by atoms with Gasteiger partial charge in [0.15, 0.2) is 0 Å². The Kier molecular flexibility index (Phi) is 5.65. The number of hydrogen-bond donors (Lipinski definition) is 1. The molecular formula is C11H19N3O3. The third-order valence-corrected chi connectivity index (χ3v) is 2.29. The summed E-state index contributed by atoms with van der Waals surface area (Å²) in [6, 6.07) is 1.42. The molecule has 0 spiro atoms. The Bertz CT molecular complexity index is 392. The highest BCUT2D eigenvalue weighted by molar-refractivity contribution is 5.13. The maximum atomic E-state index is 11.7. The van der Waals surface area contributed by atoms with Crippen molar-refractivity contribution < 1.29 is 9.47 Å². The van der Waals surface area contributed by atoms with E-state index in [1.54, 1.807) is 7.11 Å². The summed E-state index contributed by atoms with van der Waals surface area (Å²) in [5, 5.41) is 4.01. The molecule has 0 radical (unpaired) electrons. The second-order valence-electron chi connectivity index (χ2n) is 3.75. The molecule has 96 valence electrons. The molecule has 1 rings (SSSR count). The van der Waals surface area contributed by atoms with E-state index in [4.69, 9.17) is 15.2 Å². The summed E-state index contributed by atoms with van der Waals surface area (Å²) >= 11 is 0. The van der Waals surface area contributed by atoms with E-state index in [-0.39, 0.29) is 11.7 Å². The molecule has 0 aliphatic rings. The largest absolute Gasteiger partial charge is 0.492 e. The highest BCUT2D eigenvalue weighted by Crippen LogP contribution is 2.04. The third kappa shape index (κ3) is 4.54. The summed E-state index contributed by atoms with van der Waals surface area (Å²) in [5.74, 6) is 0.477. The van der Waals surface area contributed by atoms with Crippen molar-refractivity contribution in [2.45, 2.75) is 26.0 Å². The first-order chi connectivity index (χ1) is 8.17. The van der Waals surface area contributed by atoms with Crippen LogP contribution in [0, 0.1) is 0 Å². The van der Waals surface area contributed by atoms with Crippen LogP contribution in [0.25, 0.3) is 0 Å². The molecule has 0 fully saturated rings. The van der Waals surface area contributed by atoms with Gasteiger partial charge < -0.3 is 15.2 Å². The van der Waals surface area contributed by atoms with Crippen molar-refractivity contribution in [3.8, 4) is 5.75 Å². The van der Waals surface area contributed by atoms with Gasteiger partial charge in [-0.25, -0.2) is 4.68 Å². The van der Waals surface area contributed by atoms with Gasteiger partial charge in [0.25, 0.3) is 5.56 Å². The molecule has 0 saturated carbocycles. The zero-order chi connectivity index (χ0) is 12.7. The lowest BCUT2D eigenvalue weighted by atomic mass is 10.4. The van der Waals surface area contributed by atoms with Crippen molar-refractivity contribution >= 4 is 0 Å². The van der Waals surface area contributed by atoms with E-state index in [2.05, 4.69) is 5.10 Å². The van der Waals surface area contributed by atoms with Crippen LogP contribution in [0.2, 0.25) is 0 Å². The van der Waals surface area contributed by atoms with Crippen molar-refractivity contribution in [1.82, 2.24) is 9.78 Å². The normalized spacial score (nSPS) is 12.4. The summed E-state index contributed by atoms with van der Waals surface area (Å²) in [6.45, 7) is 3.37. The van der Waals surface area contributed by atoms with Crippen molar-refractivity contribution in [2.75, 3.05) is 20.3 Å². The molecule has 1 aromatic heterocycles. The minimum atomic E-state index is -0.195. The van der Waals surface area contributed by atoms with Crippen molar-refractivity contribution in [2.24, 2.45) is 5.73 Å². The first-order valence-electron chi connectivity index (χ1n) is 5.60. The predicted molar refractivity (Wildman–Crippen MR) is 64.1 cm³/mol. The quantitative estimate of drug-likeness (QED) is 0.680. The van der Waals surface area contributed by atoms with E-state index < -0.39 is 0 Å². The maximum Gasteiger partial charge on any atom is 0.270 e. The molecule has 6 nitrogen and oxygen atoms in total. The van der Waals surface area contributed by atoms with E-state index in [1.165, 1.54) is 16.9 Å². The predicted octanol–water partition coefficient (Wildman–Crippen LogP) is 0.00580. The summed E-state index contributed by atoms with van der Waals surface area (Å²) in [5.41, 5.74) is 5.15. The van der Waals surface area contributed by atoms with Gasteiger partial charge >= 0.3 is 0 Å². The van der Waals surface area contributed by atoms with Crippen LogP contribution in [0.4, 0.5) is 0 Å². The van der Waals surface area contributed by atoms with Crippen molar-refractivity contribution in [3.05, 3.63) is 22.6 Å². The van der Waals surface area contributed by atoms with E-state index >= 15 is 0 Å². The lowest BCUT2D eigenvalue weighted by molar-refractivity contribution is 0.0982. The molecule has 0 bridgehead atoms. The molecular weight excluding hydrogens is 222 g/mol. The van der Waals surface area contributed by atoms with Crippen LogP contribution in [-0.4, -0.2) is 36.1 Å². The van der Waals surface area contributed by atoms with Crippen LogP contribution in [0.15, 0.2) is 17.1 Å². The smallest absolute Gasteiger partial charge is 0.270 e. The van der Waals surface area contributed by atoms with Gasteiger partial charge in [-0.2, -0.15) is 5.10 Å². The minimum absolute atomic E-state index is 0.0517. The topological polar surface area (TPSA) is 79.4 Å². The fourth-order valence-corrected chi connectivity index (χ4v) is 1.22. The second kappa shape index (κ2) is 7.03. The number of methoxy groups -OCH3 is 1. The minimum Gasteiger partial charge on any atom is -0.492 e. The average Bonchev–Trinajstić information content (AvgIpc) is 2.32. The zero-order valence-electron chi connectivity index (χ0n) is 10.3. The molecule has 0 saturated heterocycles. The SMILES string of the molecule is COC(C)Cn1ncc(OCCCN)cc1=O. The number of rotatable bonds is 7. The Morgan fingerprint density at radius 1 is 1.59 bits per heavy atom. The second-order valence-corrected chi connectivity index (χ2v) is 3.75. The first kappa shape index (κ1) is 13.7. The summed E-state index contributed by atoms with van der Waals surface area (Å²) in [4.78, 5) is 11.7. The average molecular weight is 241 g/mol. The number of hydrogen-bond acceptors (Lipinski definition) is 5. The van der Waals surface area contributed by atoms with Crippen LogP contribution in [0.1, 0.15) is 13.3 Å². The Balaban J connectivity index is 2.63. The van der Waals surface area contributed by atoms with Crippen LogP contribution in [0.3, 0.4) is 0 Å². The molecule has 2 N–H and O–H groups in total. The molecule has 17 heavy (non-hydrogen) atoms. The van der Waals surface area contributed by atoms with Gasteiger partial charge in [0.1, 0.15) is 5.75 Å². The molecule has 0 aromatic carbocycles. The van der Waals surface area contributed by atoms with E-state index in [9.17, 15) is 4.79 Å². The van der Waals surface area contributed by atoms with Crippen LogP contribution in [0.5, 0.6) is 5.75 Å². The molecule has 1 heterocycles. The highest BCUT2D eigenvalue weighted by Gasteiger charge is 2.05. The van der Waals surface area contributed by atoms with Crippen molar-refractivity contribution in [3.63, 3.8) is 0 Å². The van der Waals surface area contributed by atoms with Gasteiger partial charge in [-0.05, 0) is 19.9 Å². The third-order valence-electron chi connectivity index (χ3n) is 2.29. The molecule has 6 heteroatoms. The summed E-state index contributed by atoms with van der Waals surface area (Å²) in [7, 11) is 1.60. The van der Waals surface area contributed by atoms with Gasteiger partial charge in [-0.3, -0.25) is 4.79 Å². The lowest BCUT2D eigenvalue weighted by Crippen LogP contribution is -2.27. The molecule has 0 aliphatic heterocycles. The van der Waals surface area contributed by atoms with E-state index in [0.717, 1.165) is 6.42 Å². The Labute approximate surface area is 100 Å². The highest BCUT2D eigenvalue weighted by atomic mass is 16.5. The maximum absolute atomic E-state index is 11.7. The number of ether oxygens (including phenoxy) is 2. The number of nitrogens with zero attached hydrogens (tertiary/aromatic N) is 2. The van der Waals surface area contributed by atoms with E-state index in [0.29, 0.717) is 25.4 Å². The fraction of sp³-hybridized carbons (Fsp3) is 0.636. The van der Waals surface area contributed by atoms with Gasteiger partial charge in [0.2, 0.25) is 0 Å². The first-order valence-corrected chi connectivity index (χ1v) is 5.60. The molecule has 1 aromatic rings. The lowest BCUT2D eigenvalue weighted by Gasteiger charge is -2.11. The Morgan fingerprint density at radius 2 is 2.35 bits per heavy atom. The number of nitrogens with two attached hydrogens (primary N) is 1. The van der Waals surface area contributed by atoms with Crippen LogP contribution in [-0.2, 0) is 11.3 Å². The Hall–Kier alpha value is -1.40. The van der Waals surface area contributed by atoms with Gasteiger partial charge in [-0.1, -0.05) is 0 Å². The van der Waals surface area contributed by atoms with Crippen molar-refractivity contribution in [1.29, 1.82) is 0 Å². The van der Waals surface area contributed by atoms with Gasteiger partial charge in [-0.15, -0.1) is 0 Å². The standard InChI is InChI=1S/C11H19N3O3/c1-9(16-2)8-14-11(15)6-10(7-13-14)17-5-3-4-12/h6-7,9H,3-5,8,12H2,1-2H3. The summed E-state index contributed by atoms with van der Waals surface area (Å²) in [6.07, 6.45) is 2.23. The molecule has 0 amide bonds. The van der Waals surface area contributed by atoms with E-state index in [1.807, 2.05) is 6.92 Å². The molecule has 0 aliphatic carbocycles. The monoisotopic (exact) mass is 241 g/mol. The molecule has 1 atom stereocenters. The summed E-state index contributed by atoms with van der Waals surface area (Å²) < 4.78 is 11.8. The molecule has 1 unspecified atom stereocenters. The Morgan fingerprint density at radius 3 is 2.94 bits per heavy atom. The van der Waals surface area contributed by atoms with Gasteiger partial charge in [0, 0.05) is 13.2 Å². The van der Waals surface area contributed by atoms with Gasteiger partial charge in [0.05, 0.1) is 25.5 Å².